The Hall–Kier alpha value is -2.34. The van der Waals surface area contributed by atoms with Gasteiger partial charge in [-0.25, -0.2) is 9.78 Å². The number of amides is 2. The van der Waals surface area contributed by atoms with Gasteiger partial charge in [0.05, 0.1) is 18.3 Å². The Labute approximate surface area is 148 Å². The number of nitrogens with one attached hydrogen (secondary N) is 2. The molecule has 1 aromatic carbocycles. The van der Waals surface area contributed by atoms with Crippen LogP contribution < -0.4 is 10.6 Å². The summed E-state index contributed by atoms with van der Waals surface area (Å²) in [7, 11) is 0. The molecule has 1 aliphatic heterocycles. The van der Waals surface area contributed by atoms with Gasteiger partial charge in [-0.05, 0) is 38.2 Å². The Kier molecular flexibility index (Phi) is 5.71. The normalized spacial score (nSPS) is 18.1. The summed E-state index contributed by atoms with van der Waals surface area (Å²) in [4.78, 5) is 16.6. The maximum absolute atomic E-state index is 12.3. The lowest BCUT2D eigenvalue weighted by molar-refractivity contribution is 0.181. The molecule has 2 atom stereocenters. The third-order valence-electron chi connectivity index (χ3n) is 4.57. The largest absolute Gasteiger partial charge is 0.444 e. The third-order valence-corrected chi connectivity index (χ3v) is 4.57. The fourth-order valence-corrected chi connectivity index (χ4v) is 3.05. The zero-order valence-electron chi connectivity index (χ0n) is 14.7. The first-order valence-electron chi connectivity index (χ1n) is 8.72. The number of carbonyl (C=O) groups is 1. The molecular formula is C19H25N3O3. The van der Waals surface area contributed by atoms with Gasteiger partial charge in [0.1, 0.15) is 5.76 Å². The number of carbonyl (C=O) groups excluding carboxylic acids is 1. The van der Waals surface area contributed by atoms with E-state index in [4.69, 9.17) is 9.15 Å². The molecule has 0 aliphatic carbocycles. The van der Waals surface area contributed by atoms with E-state index < -0.39 is 0 Å². The van der Waals surface area contributed by atoms with Crippen molar-refractivity contribution in [1.82, 2.24) is 15.6 Å². The van der Waals surface area contributed by atoms with Crippen molar-refractivity contribution < 1.29 is 13.9 Å². The first kappa shape index (κ1) is 17.5. The summed E-state index contributed by atoms with van der Waals surface area (Å²) in [6, 6.07) is 9.79. The molecule has 1 aromatic heterocycles. The van der Waals surface area contributed by atoms with Gasteiger partial charge < -0.3 is 19.8 Å². The molecule has 134 valence electrons. The first-order chi connectivity index (χ1) is 12.1. The maximum Gasteiger partial charge on any atom is 0.315 e. The van der Waals surface area contributed by atoms with Crippen molar-refractivity contribution in [1.29, 1.82) is 0 Å². The van der Waals surface area contributed by atoms with Crippen molar-refractivity contribution in [2.24, 2.45) is 5.92 Å². The minimum absolute atomic E-state index is 0.0408. The monoisotopic (exact) mass is 343 g/mol. The molecule has 25 heavy (non-hydrogen) atoms. The van der Waals surface area contributed by atoms with Gasteiger partial charge in [-0.15, -0.1) is 0 Å². The highest BCUT2D eigenvalue weighted by Crippen LogP contribution is 2.26. The Balaban J connectivity index is 1.59. The molecule has 1 fully saturated rings. The molecule has 2 heterocycles. The summed E-state index contributed by atoms with van der Waals surface area (Å²) in [6.45, 7) is 5.59. The summed E-state index contributed by atoms with van der Waals surface area (Å²) < 4.78 is 11.0. The highest BCUT2D eigenvalue weighted by molar-refractivity contribution is 5.74. The molecule has 0 spiro atoms. The number of rotatable bonds is 6. The van der Waals surface area contributed by atoms with Crippen LogP contribution in [0, 0.1) is 19.8 Å². The number of oxazole rings is 1. The Morgan fingerprint density at radius 3 is 2.76 bits per heavy atom. The average Bonchev–Trinajstić information content (AvgIpc) is 3.23. The molecule has 2 aromatic rings. The van der Waals surface area contributed by atoms with E-state index in [1.165, 1.54) is 0 Å². The zero-order chi connectivity index (χ0) is 17.6. The predicted molar refractivity (Wildman–Crippen MR) is 94.1 cm³/mol. The molecule has 0 bridgehead atoms. The summed E-state index contributed by atoms with van der Waals surface area (Å²) in [5.74, 6) is 1.77. The SMILES string of the molecule is Cc1nc(CNC(=O)N[C@@H](C[C@H]2CCOC2)c2ccccc2)oc1C. The summed E-state index contributed by atoms with van der Waals surface area (Å²) >= 11 is 0. The van der Waals surface area contributed by atoms with E-state index in [-0.39, 0.29) is 18.6 Å². The van der Waals surface area contributed by atoms with Gasteiger partial charge in [0.25, 0.3) is 0 Å². The van der Waals surface area contributed by atoms with E-state index >= 15 is 0 Å². The minimum atomic E-state index is -0.221. The van der Waals surface area contributed by atoms with Gasteiger partial charge in [-0.1, -0.05) is 30.3 Å². The standard InChI is InChI=1S/C19H25N3O3/c1-13-14(2)25-18(21-13)11-20-19(23)22-17(10-15-8-9-24-12-15)16-6-4-3-5-7-16/h3-7,15,17H,8-12H2,1-2H3,(H2,20,22,23)/t15-,17+/m1/s1. The molecular weight excluding hydrogens is 318 g/mol. The van der Waals surface area contributed by atoms with Gasteiger partial charge >= 0.3 is 6.03 Å². The highest BCUT2D eigenvalue weighted by atomic mass is 16.5. The van der Waals surface area contributed by atoms with Gasteiger partial charge in [0, 0.05) is 13.2 Å². The van der Waals surface area contributed by atoms with E-state index in [2.05, 4.69) is 15.6 Å². The molecule has 0 saturated carbocycles. The fourth-order valence-electron chi connectivity index (χ4n) is 3.05. The van der Waals surface area contributed by atoms with Crippen molar-refractivity contribution in [3.63, 3.8) is 0 Å². The molecule has 1 saturated heterocycles. The number of urea groups is 1. The quantitative estimate of drug-likeness (QED) is 0.844. The number of nitrogens with zero attached hydrogens (tertiary/aromatic N) is 1. The Bertz CT molecular complexity index is 674. The van der Waals surface area contributed by atoms with Gasteiger partial charge in [0.2, 0.25) is 5.89 Å². The van der Waals surface area contributed by atoms with Gasteiger partial charge in [-0.2, -0.15) is 0 Å². The summed E-state index contributed by atoms with van der Waals surface area (Å²) in [6.07, 6.45) is 1.91. The highest BCUT2D eigenvalue weighted by Gasteiger charge is 2.23. The van der Waals surface area contributed by atoms with Crippen molar-refractivity contribution in [2.75, 3.05) is 13.2 Å². The number of hydrogen-bond acceptors (Lipinski definition) is 4. The molecule has 3 rings (SSSR count). The van der Waals surface area contributed by atoms with Crippen LogP contribution in [0.15, 0.2) is 34.7 Å². The van der Waals surface area contributed by atoms with E-state index in [1.54, 1.807) is 0 Å². The smallest absolute Gasteiger partial charge is 0.315 e. The van der Waals surface area contributed by atoms with Crippen LogP contribution in [0.4, 0.5) is 4.79 Å². The van der Waals surface area contributed by atoms with Crippen molar-refractivity contribution >= 4 is 6.03 Å². The minimum Gasteiger partial charge on any atom is -0.444 e. The van der Waals surface area contributed by atoms with Crippen LogP contribution in [0.2, 0.25) is 0 Å². The summed E-state index contributed by atoms with van der Waals surface area (Å²) in [5, 5.41) is 5.90. The zero-order valence-corrected chi connectivity index (χ0v) is 14.7. The number of aromatic nitrogens is 1. The topological polar surface area (TPSA) is 76.4 Å². The van der Waals surface area contributed by atoms with Crippen molar-refractivity contribution in [2.45, 2.75) is 39.3 Å². The number of ether oxygens (including phenoxy) is 1. The predicted octanol–water partition coefficient (Wildman–Crippen LogP) is 3.26. The number of benzene rings is 1. The van der Waals surface area contributed by atoms with E-state index in [0.717, 1.165) is 43.1 Å². The Morgan fingerprint density at radius 2 is 2.12 bits per heavy atom. The van der Waals surface area contributed by atoms with Crippen LogP contribution in [-0.4, -0.2) is 24.2 Å². The van der Waals surface area contributed by atoms with Crippen LogP contribution >= 0.6 is 0 Å². The average molecular weight is 343 g/mol. The molecule has 6 heteroatoms. The summed E-state index contributed by atoms with van der Waals surface area (Å²) in [5.41, 5.74) is 1.95. The van der Waals surface area contributed by atoms with Crippen LogP contribution in [-0.2, 0) is 11.3 Å². The van der Waals surface area contributed by atoms with Crippen LogP contribution in [0.5, 0.6) is 0 Å². The van der Waals surface area contributed by atoms with Gasteiger partial charge in [-0.3, -0.25) is 0 Å². The molecule has 6 nitrogen and oxygen atoms in total. The van der Waals surface area contributed by atoms with Gasteiger partial charge in [0.15, 0.2) is 0 Å². The molecule has 2 amide bonds. The van der Waals surface area contributed by atoms with Crippen LogP contribution in [0.25, 0.3) is 0 Å². The second kappa shape index (κ2) is 8.16. The lowest BCUT2D eigenvalue weighted by Crippen LogP contribution is -2.38. The van der Waals surface area contributed by atoms with E-state index in [9.17, 15) is 4.79 Å². The molecule has 2 N–H and O–H groups in total. The van der Waals surface area contributed by atoms with Crippen molar-refractivity contribution in [3.05, 3.63) is 53.2 Å². The Morgan fingerprint density at radius 1 is 1.32 bits per heavy atom. The second-order valence-corrected chi connectivity index (χ2v) is 6.50. The molecule has 0 radical (unpaired) electrons. The number of hydrogen-bond donors (Lipinski definition) is 2. The van der Waals surface area contributed by atoms with Crippen LogP contribution in [0.1, 0.15) is 41.8 Å². The third kappa shape index (κ3) is 4.82. The molecule has 0 unspecified atom stereocenters. The fraction of sp³-hybridized carbons (Fsp3) is 0.474. The number of aryl methyl sites for hydroxylation is 2. The first-order valence-corrected chi connectivity index (χ1v) is 8.72. The van der Waals surface area contributed by atoms with Crippen LogP contribution in [0.3, 0.4) is 0 Å². The maximum atomic E-state index is 12.3. The lowest BCUT2D eigenvalue weighted by Gasteiger charge is -2.22. The molecule has 1 aliphatic rings. The van der Waals surface area contributed by atoms with E-state index in [1.807, 2.05) is 44.2 Å². The second-order valence-electron chi connectivity index (χ2n) is 6.50. The van der Waals surface area contributed by atoms with Crippen molar-refractivity contribution in [3.8, 4) is 0 Å². The van der Waals surface area contributed by atoms with E-state index in [0.29, 0.717) is 11.8 Å². The lowest BCUT2D eigenvalue weighted by atomic mass is 9.94.